The van der Waals surface area contributed by atoms with Gasteiger partial charge in [-0.15, -0.1) is 0 Å². The number of para-hydroxylation sites is 1. The summed E-state index contributed by atoms with van der Waals surface area (Å²) in [6.07, 6.45) is 0.764. The molecule has 0 aromatic heterocycles. The first-order chi connectivity index (χ1) is 12.3. The minimum atomic E-state index is -0.652. The number of aryl methyl sites for hydroxylation is 1. The van der Waals surface area contributed by atoms with Crippen LogP contribution < -0.4 is 11.1 Å². The number of carbonyl (C=O) groups excluding carboxylic acids is 2. The van der Waals surface area contributed by atoms with Crippen LogP contribution in [0.2, 0.25) is 0 Å². The summed E-state index contributed by atoms with van der Waals surface area (Å²) in [7, 11) is 1.45. The third kappa shape index (κ3) is 4.35. The minimum absolute atomic E-state index is 0.0249. The topological polar surface area (TPSA) is 119 Å². The third-order valence-electron chi connectivity index (χ3n) is 3.87. The first-order valence-corrected chi connectivity index (χ1v) is 8.00. The molecule has 0 aliphatic heterocycles. The van der Waals surface area contributed by atoms with Gasteiger partial charge in [-0.2, -0.15) is 0 Å². The molecule has 8 nitrogen and oxygen atoms in total. The van der Waals surface area contributed by atoms with Gasteiger partial charge in [-0.3, -0.25) is 19.7 Å². The summed E-state index contributed by atoms with van der Waals surface area (Å²) in [5.74, 6) is -0.862. The van der Waals surface area contributed by atoms with Crippen molar-refractivity contribution in [3.05, 3.63) is 63.7 Å². The van der Waals surface area contributed by atoms with Crippen molar-refractivity contribution in [2.24, 2.45) is 0 Å². The van der Waals surface area contributed by atoms with Crippen molar-refractivity contribution in [2.75, 3.05) is 24.6 Å². The van der Waals surface area contributed by atoms with E-state index in [4.69, 9.17) is 5.73 Å². The van der Waals surface area contributed by atoms with Gasteiger partial charge in [0.2, 0.25) is 5.91 Å². The van der Waals surface area contributed by atoms with Crippen LogP contribution in [-0.2, 0) is 11.2 Å². The number of nitro benzene ring substituents is 1. The molecule has 8 heteroatoms. The van der Waals surface area contributed by atoms with Gasteiger partial charge in [-0.25, -0.2) is 0 Å². The average molecular weight is 356 g/mol. The van der Waals surface area contributed by atoms with E-state index < -0.39 is 10.8 Å². The predicted molar refractivity (Wildman–Crippen MR) is 98.9 cm³/mol. The predicted octanol–water partition coefficient (Wildman–Crippen LogP) is 2.45. The first-order valence-electron chi connectivity index (χ1n) is 8.00. The summed E-state index contributed by atoms with van der Waals surface area (Å²) in [4.78, 5) is 36.1. The van der Waals surface area contributed by atoms with E-state index >= 15 is 0 Å². The molecule has 2 rings (SSSR count). The van der Waals surface area contributed by atoms with E-state index in [1.165, 1.54) is 24.1 Å². The average Bonchev–Trinajstić information content (AvgIpc) is 2.61. The molecule has 0 saturated carbocycles. The number of nitrogens with one attached hydrogen (secondary N) is 1. The van der Waals surface area contributed by atoms with Gasteiger partial charge >= 0.3 is 0 Å². The molecule has 0 heterocycles. The molecule has 0 unspecified atom stereocenters. The number of anilines is 2. The lowest BCUT2D eigenvalue weighted by molar-refractivity contribution is -0.383. The molecule has 26 heavy (non-hydrogen) atoms. The van der Waals surface area contributed by atoms with Crippen LogP contribution in [0.25, 0.3) is 0 Å². The molecule has 0 saturated heterocycles. The van der Waals surface area contributed by atoms with Gasteiger partial charge in [0.15, 0.2) is 0 Å². The van der Waals surface area contributed by atoms with Crippen molar-refractivity contribution in [3.63, 3.8) is 0 Å². The SMILES string of the molecule is CCc1ccccc1NC(=O)CN(C)C(=O)c1ccc(N)c([N+](=O)[O-])c1. The lowest BCUT2D eigenvalue weighted by Gasteiger charge is -2.17. The Hall–Kier alpha value is -3.42. The number of amides is 2. The highest BCUT2D eigenvalue weighted by atomic mass is 16.6. The molecule has 3 N–H and O–H groups in total. The van der Waals surface area contributed by atoms with Gasteiger partial charge in [0.25, 0.3) is 11.6 Å². The molecular weight excluding hydrogens is 336 g/mol. The minimum Gasteiger partial charge on any atom is -0.393 e. The van der Waals surface area contributed by atoms with Crippen LogP contribution in [0.4, 0.5) is 17.1 Å². The monoisotopic (exact) mass is 356 g/mol. The zero-order valence-corrected chi connectivity index (χ0v) is 14.6. The number of carbonyl (C=O) groups is 2. The second-order valence-corrected chi connectivity index (χ2v) is 5.75. The Kier molecular flexibility index (Phi) is 5.90. The molecule has 0 radical (unpaired) electrons. The summed E-state index contributed by atoms with van der Waals surface area (Å²) in [6.45, 7) is 1.80. The molecule has 0 aliphatic carbocycles. The van der Waals surface area contributed by atoms with Crippen molar-refractivity contribution >= 4 is 28.9 Å². The van der Waals surface area contributed by atoms with Crippen LogP contribution in [0.5, 0.6) is 0 Å². The van der Waals surface area contributed by atoms with Crippen LogP contribution in [0.3, 0.4) is 0 Å². The highest BCUT2D eigenvalue weighted by Crippen LogP contribution is 2.23. The number of likely N-dealkylation sites (N-methyl/N-ethyl adjacent to an activating group) is 1. The highest BCUT2D eigenvalue weighted by molar-refractivity contribution is 6.00. The Morgan fingerprint density at radius 2 is 1.92 bits per heavy atom. The maximum absolute atomic E-state index is 12.4. The number of nitro groups is 1. The summed E-state index contributed by atoms with van der Waals surface area (Å²) in [5, 5.41) is 13.7. The molecule has 0 spiro atoms. The van der Waals surface area contributed by atoms with Crippen LogP contribution in [-0.4, -0.2) is 35.2 Å². The fourth-order valence-corrected chi connectivity index (χ4v) is 2.48. The molecule has 0 aliphatic rings. The molecule has 2 aromatic rings. The van der Waals surface area contributed by atoms with Gasteiger partial charge in [0.05, 0.1) is 11.5 Å². The lowest BCUT2D eigenvalue weighted by atomic mass is 10.1. The largest absolute Gasteiger partial charge is 0.393 e. The Morgan fingerprint density at radius 1 is 1.23 bits per heavy atom. The van der Waals surface area contributed by atoms with E-state index in [0.29, 0.717) is 5.69 Å². The van der Waals surface area contributed by atoms with E-state index in [1.807, 2.05) is 25.1 Å². The fraction of sp³-hybridized carbons (Fsp3) is 0.222. The van der Waals surface area contributed by atoms with Crippen molar-refractivity contribution in [1.29, 1.82) is 0 Å². The van der Waals surface area contributed by atoms with Crippen LogP contribution in [0.1, 0.15) is 22.8 Å². The molecule has 0 atom stereocenters. The molecular formula is C18H20N4O4. The zero-order chi connectivity index (χ0) is 19.3. The van der Waals surface area contributed by atoms with E-state index in [-0.39, 0.29) is 29.4 Å². The normalized spacial score (nSPS) is 10.2. The number of hydrogen-bond donors (Lipinski definition) is 2. The number of benzene rings is 2. The summed E-state index contributed by atoms with van der Waals surface area (Å²) < 4.78 is 0. The fourth-order valence-electron chi connectivity index (χ4n) is 2.48. The first kappa shape index (κ1) is 18.9. The zero-order valence-electron chi connectivity index (χ0n) is 14.6. The molecule has 0 bridgehead atoms. The van der Waals surface area contributed by atoms with Crippen molar-refractivity contribution in [3.8, 4) is 0 Å². The smallest absolute Gasteiger partial charge is 0.292 e. The molecule has 136 valence electrons. The van der Waals surface area contributed by atoms with Crippen molar-refractivity contribution in [2.45, 2.75) is 13.3 Å². The highest BCUT2D eigenvalue weighted by Gasteiger charge is 2.20. The standard InChI is InChI=1S/C18H20N4O4/c1-3-12-6-4-5-7-15(12)20-17(23)11-21(2)18(24)13-8-9-14(19)16(10-13)22(25)26/h4-10H,3,11,19H2,1-2H3,(H,20,23). The van der Waals surface area contributed by atoms with Gasteiger partial charge in [-0.1, -0.05) is 25.1 Å². The van der Waals surface area contributed by atoms with Gasteiger partial charge in [0.1, 0.15) is 5.69 Å². The molecule has 0 fully saturated rings. The summed E-state index contributed by atoms with van der Waals surface area (Å²) in [6, 6.07) is 11.2. The number of nitrogens with two attached hydrogens (primary N) is 1. The number of nitrogen functional groups attached to an aromatic ring is 1. The maximum atomic E-state index is 12.4. The Morgan fingerprint density at radius 3 is 2.58 bits per heavy atom. The second kappa shape index (κ2) is 8.11. The lowest BCUT2D eigenvalue weighted by Crippen LogP contribution is -2.35. The molecule has 2 amide bonds. The Balaban J connectivity index is 2.08. The quantitative estimate of drug-likeness (QED) is 0.468. The summed E-state index contributed by atoms with van der Waals surface area (Å²) >= 11 is 0. The molecule has 2 aromatic carbocycles. The van der Waals surface area contributed by atoms with Gasteiger partial charge < -0.3 is 16.0 Å². The number of hydrogen-bond acceptors (Lipinski definition) is 5. The van der Waals surface area contributed by atoms with E-state index in [9.17, 15) is 19.7 Å². The van der Waals surface area contributed by atoms with E-state index in [2.05, 4.69) is 5.32 Å². The second-order valence-electron chi connectivity index (χ2n) is 5.75. The number of nitrogens with zero attached hydrogens (tertiary/aromatic N) is 2. The van der Waals surface area contributed by atoms with Crippen LogP contribution in [0.15, 0.2) is 42.5 Å². The van der Waals surface area contributed by atoms with Crippen molar-refractivity contribution in [1.82, 2.24) is 4.90 Å². The summed E-state index contributed by atoms with van der Waals surface area (Å²) in [5.41, 5.74) is 6.94. The maximum Gasteiger partial charge on any atom is 0.292 e. The third-order valence-corrected chi connectivity index (χ3v) is 3.87. The van der Waals surface area contributed by atoms with Gasteiger partial charge in [-0.05, 0) is 30.2 Å². The van der Waals surface area contributed by atoms with Crippen LogP contribution >= 0.6 is 0 Å². The van der Waals surface area contributed by atoms with Gasteiger partial charge in [0, 0.05) is 24.4 Å². The van der Waals surface area contributed by atoms with E-state index in [0.717, 1.165) is 18.1 Å². The van der Waals surface area contributed by atoms with E-state index in [1.54, 1.807) is 6.07 Å². The van der Waals surface area contributed by atoms with Crippen LogP contribution in [0, 0.1) is 10.1 Å². The Labute approximate surface area is 150 Å². The van der Waals surface area contributed by atoms with Crippen molar-refractivity contribution < 1.29 is 14.5 Å². The number of rotatable bonds is 6. The Bertz CT molecular complexity index is 851.